The zero-order chi connectivity index (χ0) is 18.0. The molecule has 1 amide bonds. The molecule has 0 bridgehead atoms. The van der Waals surface area contributed by atoms with Crippen molar-refractivity contribution in [1.82, 2.24) is 9.88 Å². The number of carbonyl (C=O) groups excluding carboxylic acids is 2. The maximum Gasteiger partial charge on any atom is 0.340 e. The van der Waals surface area contributed by atoms with E-state index in [1.54, 1.807) is 10.3 Å². The van der Waals surface area contributed by atoms with Gasteiger partial charge in [0.1, 0.15) is 12.4 Å². The van der Waals surface area contributed by atoms with Crippen molar-refractivity contribution in [1.29, 1.82) is 0 Å². The lowest BCUT2D eigenvalue weighted by atomic mass is 10.2. The number of anilines is 1. The molecule has 1 N–H and O–H groups in total. The van der Waals surface area contributed by atoms with Gasteiger partial charge in [0.05, 0.1) is 17.0 Å². The number of amidine groups is 1. The third kappa shape index (κ3) is 4.31. The maximum atomic E-state index is 12.1. The molecule has 25 heavy (non-hydrogen) atoms. The number of hydrogen-bond donors (Lipinski definition) is 1. The zero-order valence-corrected chi connectivity index (χ0v) is 14.8. The van der Waals surface area contributed by atoms with Crippen molar-refractivity contribution >= 4 is 44.2 Å². The first-order chi connectivity index (χ1) is 11.8. The van der Waals surface area contributed by atoms with Gasteiger partial charge in [-0.25, -0.2) is 18.2 Å². The van der Waals surface area contributed by atoms with Crippen LogP contribution < -0.4 is 5.32 Å². The highest BCUT2D eigenvalue weighted by Gasteiger charge is 2.25. The van der Waals surface area contributed by atoms with E-state index in [2.05, 4.69) is 14.7 Å². The number of esters is 1. The fourth-order valence-electron chi connectivity index (χ4n) is 2.13. The first-order valence-electron chi connectivity index (χ1n) is 7.21. The molecule has 2 aliphatic heterocycles. The Balaban J connectivity index is 1.61. The summed E-state index contributed by atoms with van der Waals surface area (Å²) < 4.78 is 31.7. The Bertz CT molecular complexity index is 913. The highest BCUT2D eigenvalue weighted by Crippen LogP contribution is 2.19. The SMILES string of the molecule is CC(=O)Nc1nc(COC(=O)C2=CN3CCS(=O)(=O)N=C3C=C2)cs1. The van der Waals surface area contributed by atoms with Crippen LogP contribution in [-0.4, -0.2) is 48.3 Å². The van der Waals surface area contributed by atoms with Crippen LogP contribution in [0.3, 0.4) is 0 Å². The lowest BCUT2D eigenvalue weighted by Gasteiger charge is -2.26. The summed E-state index contributed by atoms with van der Waals surface area (Å²) in [5, 5.41) is 4.67. The van der Waals surface area contributed by atoms with Crippen LogP contribution in [-0.2, 0) is 31.0 Å². The van der Waals surface area contributed by atoms with E-state index in [0.717, 1.165) is 0 Å². The van der Waals surface area contributed by atoms with Gasteiger partial charge in [-0.15, -0.1) is 15.7 Å². The second-order valence-corrected chi connectivity index (χ2v) is 7.86. The summed E-state index contributed by atoms with van der Waals surface area (Å²) >= 11 is 1.24. The first kappa shape index (κ1) is 17.3. The highest BCUT2D eigenvalue weighted by molar-refractivity contribution is 7.90. The van der Waals surface area contributed by atoms with Crippen molar-refractivity contribution in [2.45, 2.75) is 13.5 Å². The quantitative estimate of drug-likeness (QED) is 0.759. The van der Waals surface area contributed by atoms with E-state index >= 15 is 0 Å². The van der Waals surface area contributed by atoms with Gasteiger partial charge in [0.25, 0.3) is 10.0 Å². The number of nitrogens with one attached hydrogen (secondary N) is 1. The van der Waals surface area contributed by atoms with E-state index in [1.165, 1.54) is 36.6 Å². The molecule has 1 aromatic heterocycles. The average Bonchev–Trinajstić information content (AvgIpc) is 2.98. The number of fused-ring (bicyclic) bond motifs is 1. The number of sulfonamides is 1. The summed E-state index contributed by atoms with van der Waals surface area (Å²) in [5.74, 6) is -0.607. The molecule has 0 atom stereocenters. The predicted molar refractivity (Wildman–Crippen MR) is 91.4 cm³/mol. The maximum absolute atomic E-state index is 12.1. The van der Waals surface area contributed by atoms with Crippen molar-refractivity contribution < 1.29 is 22.7 Å². The zero-order valence-electron chi connectivity index (χ0n) is 13.1. The highest BCUT2D eigenvalue weighted by atomic mass is 32.2. The minimum atomic E-state index is -3.43. The summed E-state index contributed by atoms with van der Waals surface area (Å²) in [6.45, 7) is 1.58. The molecule has 0 fully saturated rings. The standard InChI is InChI=1S/C14H14N4O5S2/c1-9(19)15-14-16-11(8-24-14)7-23-13(20)10-2-3-12-17-25(21,22)5-4-18(12)6-10/h2-3,6,8H,4-5,7H2,1H3,(H,15,16,19). The summed E-state index contributed by atoms with van der Waals surface area (Å²) in [7, 11) is -3.43. The van der Waals surface area contributed by atoms with Gasteiger partial charge in [0.15, 0.2) is 5.13 Å². The summed E-state index contributed by atoms with van der Waals surface area (Å²) in [5.41, 5.74) is 0.810. The second-order valence-electron chi connectivity index (χ2n) is 5.25. The van der Waals surface area contributed by atoms with E-state index in [-0.39, 0.29) is 36.2 Å². The third-order valence-electron chi connectivity index (χ3n) is 3.25. The fraction of sp³-hybridized carbons (Fsp3) is 0.286. The molecule has 0 saturated heterocycles. The van der Waals surface area contributed by atoms with Crippen molar-refractivity contribution in [3.8, 4) is 0 Å². The number of amides is 1. The van der Waals surface area contributed by atoms with Gasteiger partial charge < -0.3 is 15.0 Å². The summed E-state index contributed by atoms with van der Waals surface area (Å²) in [4.78, 5) is 28.8. The minimum absolute atomic E-state index is 0.0323. The number of hydrogen-bond acceptors (Lipinski definition) is 8. The van der Waals surface area contributed by atoms with Crippen LogP contribution in [0.25, 0.3) is 0 Å². The van der Waals surface area contributed by atoms with Crippen LogP contribution in [0.15, 0.2) is 33.7 Å². The third-order valence-corrected chi connectivity index (χ3v) is 5.22. The van der Waals surface area contributed by atoms with Crippen LogP contribution in [0.2, 0.25) is 0 Å². The van der Waals surface area contributed by atoms with E-state index in [0.29, 0.717) is 10.8 Å². The molecule has 0 radical (unpaired) electrons. The normalized spacial score (nSPS) is 18.0. The predicted octanol–water partition coefficient (Wildman–Crippen LogP) is 0.642. The molecular formula is C14H14N4O5S2. The number of rotatable bonds is 4. The molecule has 1 aromatic rings. The first-order valence-corrected chi connectivity index (χ1v) is 9.69. The molecular weight excluding hydrogens is 368 g/mol. The smallest absolute Gasteiger partial charge is 0.340 e. The molecule has 132 valence electrons. The second kappa shape index (κ2) is 6.76. The molecule has 0 aliphatic carbocycles. The Hall–Kier alpha value is -2.53. The Kier molecular flexibility index (Phi) is 4.68. The Morgan fingerprint density at radius 3 is 2.96 bits per heavy atom. The van der Waals surface area contributed by atoms with Gasteiger partial charge in [0, 0.05) is 25.0 Å². The molecule has 3 heterocycles. The van der Waals surface area contributed by atoms with E-state index in [4.69, 9.17) is 4.74 Å². The van der Waals surface area contributed by atoms with Crippen molar-refractivity contribution in [3.05, 3.63) is 35.0 Å². The largest absolute Gasteiger partial charge is 0.456 e. The van der Waals surface area contributed by atoms with E-state index in [9.17, 15) is 18.0 Å². The molecule has 0 saturated carbocycles. The lowest BCUT2D eigenvalue weighted by molar-refractivity contribution is -0.140. The molecule has 11 heteroatoms. The monoisotopic (exact) mass is 382 g/mol. The van der Waals surface area contributed by atoms with E-state index < -0.39 is 16.0 Å². The molecule has 3 rings (SSSR count). The Morgan fingerprint density at radius 1 is 1.40 bits per heavy atom. The molecule has 2 aliphatic rings. The number of thiazole rings is 1. The Labute approximate surface area is 147 Å². The molecule has 0 spiro atoms. The fourth-order valence-corrected chi connectivity index (χ4v) is 3.84. The van der Waals surface area contributed by atoms with Crippen molar-refractivity contribution in [2.75, 3.05) is 17.6 Å². The number of aromatic nitrogens is 1. The lowest BCUT2D eigenvalue weighted by Crippen LogP contribution is -2.37. The van der Waals surface area contributed by atoms with Gasteiger partial charge in [0.2, 0.25) is 5.91 Å². The Morgan fingerprint density at radius 2 is 2.20 bits per heavy atom. The molecule has 9 nitrogen and oxygen atoms in total. The topological polar surface area (TPSA) is 118 Å². The summed E-state index contributed by atoms with van der Waals surface area (Å²) in [6, 6.07) is 0. The van der Waals surface area contributed by atoms with Crippen LogP contribution in [0.4, 0.5) is 5.13 Å². The van der Waals surface area contributed by atoms with Gasteiger partial charge in [-0.2, -0.15) is 0 Å². The van der Waals surface area contributed by atoms with Gasteiger partial charge in [-0.3, -0.25) is 4.79 Å². The van der Waals surface area contributed by atoms with Crippen LogP contribution in [0.1, 0.15) is 12.6 Å². The number of nitrogens with zero attached hydrogens (tertiary/aromatic N) is 3. The van der Waals surface area contributed by atoms with Crippen molar-refractivity contribution in [3.63, 3.8) is 0 Å². The van der Waals surface area contributed by atoms with Crippen LogP contribution >= 0.6 is 11.3 Å². The van der Waals surface area contributed by atoms with Gasteiger partial charge >= 0.3 is 5.97 Å². The number of carbonyl (C=O) groups is 2. The molecule has 0 aromatic carbocycles. The van der Waals surface area contributed by atoms with E-state index in [1.807, 2.05) is 0 Å². The number of ether oxygens (including phenoxy) is 1. The summed E-state index contributed by atoms with van der Waals surface area (Å²) in [6.07, 6.45) is 4.44. The molecule has 0 unspecified atom stereocenters. The van der Waals surface area contributed by atoms with Crippen LogP contribution in [0, 0.1) is 0 Å². The van der Waals surface area contributed by atoms with Gasteiger partial charge in [-0.1, -0.05) is 0 Å². The average molecular weight is 382 g/mol. The van der Waals surface area contributed by atoms with Crippen molar-refractivity contribution in [2.24, 2.45) is 4.40 Å². The van der Waals surface area contributed by atoms with Gasteiger partial charge in [-0.05, 0) is 12.2 Å². The minimum Gasteiger partial charge on any atom is -0.456 e. The van der Waals surface area contributed by atoms with Crippen LogP contribution in [0.5, 0.6) is 0 Å².